The second kappa shape index (κ2) is 4.82. The lowest BCUT2D eigenvalue weighted by atomic mass is 10.1. The van der Waals surface area contributed by atoms with Gasteiger partial charge in [0.2, 0.25) is 0 Å². The third kappa shape index (κ3) is 2.98. The molecule has 1 aromatic carbocycles. The average molecular weight is 207 g/mol. The number of carbonyl (C=O) groups excluding carboxylic acids is 1. The van der Waals surface area contributed by atoms with E-state index in [9.17, 15) is 9.90 Å². The molecular weight excluding hydrogens is 190 g/mol. The molecule has 15 heavy (non-hydrogen) atoms. The van der Waals surface area contributed by atoms with Gasteiger partial charge in [0.1, 0.15) is 5.75 Å². The second-order valence-corrected chi connectivity index (χ2v) is 3.80. The predicted octanol–water partition coefficient (Wildman–Crippen LogP) is 2.23. The van der Waals surface area contributed by atoms with E-state index in [2.05, 4.69) is 5.32 Å². The number of phenols is 1. The van der Waals surface area contributed by atoms with Crippen molar-refractivity contribution in [3.05, 3.63) is 29.3 Å². The van der Waals surface area contributed by atoms with E-state index in [4.69, 9.17) is 0 Å². The number of carbonyl (C=O) groups is 1. The van der Waals surface area contributed by atoms with E-state index in [1.807, 2.05) is 20.8 Å². The van der Waals surface area contributed by atoms with E-state index in [-0.39, 0.29) is 17.7 Å². The van der Waals surface area contributed by atoms with Crippen molar-refractivity contribution in [2.45, 2.75) is 33.2 Å². The molecule has 0 saturated heterocycles. The van der Waals surface area contributed by atoms with Crippen molar-refractivity contribution >= 4 is 5.91 Å². The standard InChI is InChI=1S/C12H17NO2/c1-4-9(3)13-12(15)10-7-8(2)5-6-11(10)14/h5-7,9,14H,4H2,1-3H3,(H,13,15). The molecule has 0 aliphatic carbocycles. The topological polar surface area (TPSA) is 49.3 Å². The lowest BCUT2D eigenvalue weighted by Crippen LogP contribution is -2.31. The van der Waals surface area contributed by atoms with Gasteiger partial charge in [0.05, 0.1) is 5.56 Å². The summed E-state index contributed by atoms with van der Waals surface area (Å²) in [4.78, 5) is 11.7. The Kier molecular flexibility index (Phi) is 3.72. The van der Waals surface area contributed by atoms with E-state index in [0.717, 1.165) is 12.0 Å². The van der Waals surface area contributed by atoms with Crippen LogP contribution in [-0.4, -0.2) is 17.1 Å². The van der Waals surface area contributed by atoms with Crippen LogP contribution in [0.3, 0.4) is 0 Å². The number of nitrogens with one attached hydrogen (secondary N) is 1. The molecule has 0 heterocycles. The molecule has 82 valence electrons. The van der Waals surface area contributed by atoms with Crippen molar-refractivity contribution in [1.82, 2.24) is 5.32 Å². The fourth-order valence-electron chi connectivity index (χ4n) is 1.24. The van der Waals surface area contributed by atoms with Crippen LogP contribution in [0.4, 0.5) is 0 Å². The summed E-state index contributed by atoms with van der Waals surface area (Å²) >= 11 is 0. The summed E-state index contributed by atoms with van der Waals surface area (Å²) < 4.78 is 0. The number of phenolic OH excluding ortho intramolecular Hbond substituents is 1. The number of amides is 1. The molecule has 3 nitrogen and oxygen atoms in total. The fourth-order valence-corrected chi connectivity index (χ4v) is 1.24. The molecule has 1 rings (SSSR count). The first-order valence-corrected chi connectivity index (χ1v) is 5.15. The van der Waals surface area contributed by atoms with E-state index in [1.54, 1.807) is 18.2 Å². The number of aromatic hydroxyl groups is 1. The van der Waals surface area contributed by atoms with E-state index >= 15 is 0 Å². The van der Waals surface area contributed by atoms with E-state index < -0.39 is 0 Å². The summed E-state index contributed by atoms with van der Waals surface area (Å²) in [5, 5.41) is 12.3. The van der Waals surface area contributed by atoms with Gasteiger partial charge < -0.3 is 10.4 Å². The maximum atomic E-state index is 11.7. The van der Waals surface area contributed by atoms with Gasteiger partial charge in [-0.25, -0.2) is 0 Å². The van der Waals surface area contributed by atoms with Crippen molar-refractivity contribution in [1.29, 1.82) is 0 Å². The molecule has 1 aromatic rings. The van der Waals surface area contributed by atoms with Crippen molar-refractivity contribution in [3.8, 4) is 5.75 Å². The highest BCUT2D eigenvalue weighted by atomic mass is 16.3. The molecule has 0 radical (unpaired) electrons. The smallest absolute Gasteiger partial charge is 0.255 e. The van der Waals surface area contributed by atoms with Gasteiger partial charge in [-0.05, 0) is 32.4 Å². The van der Waals surface area contributed by atoms with Crippen LogP contribution in [-0.2, 0) is 0 Å². The molecule has 1 atom stereocenters. The van der Waals surface area contributed by atoms with Crippen LogP contribution in [0.25, 0.3) is 0 Å². The molecule has 1 amide bonds. The first kappa shape index (κ1) is 11.6. The van der Waals surface area contributed by atoms with Crippen molar-refractivity contribution in [3.63, 3.8) is 0 Å². The van der Waals surface area contributed by atoms with Gasteiger partial charge in [0.25, 0.3) is 5.91 Å². The quantitative estimate of drug-likeness (QED) is 0.798. The molecular formula is C12H17NO2. The Balaban J connectivity index is 2.86. The summed E-state index contributed by atoms with van der Waals surface area (Å²) in [6.07, 6.45) is 0.873. The Bertz CT molecular complexity index is 361. The predicted molar refractivity (Wildman–Crippen MR) is 60.1 cm³/mol. The minimum atomic E-state index is -0.217. The Morgan fingerprint density at radius 3 is 2.80 bits per heavy atom. The number of hydrogen-bond acceptors (Lipinski definition) is 2. The van der Waals surface area contributed by atoms with Crippen LogP contribution in [0.1, 0.15) is 36.2 Å². The van der Waals surface area contributed by atoms with Crippen molar-refractivity contribution in [2.75, 3.05) is 0 Å². The molecule has 0 aromatic heterocycles. The second-order valence-electron chi connectivity index (χ2n) is 3.80. The summed E-state index contributed by atoms with van der Waals surface area (Å²) in [5.74, 6) is -0.188. The third-order valence-corrected chi connectivity index (χ3v) is 2.39. The van der Waals surface area contributed by atoms with Crippen LogP contribution >= 0.6 is 0 Å². The molecule has 0 aliphatic rings. The van der Waals surface area contributed by atoms with Gasteiger partial charge in [-0.2, -0.15) is 0 Å². The number of benzene rings is 1. The molecule has 0 spiro atoms. The Hall–Kier alpha value is -1.51. The third-order valence-electron chi connectivity index (χ3n) is 2.39. The van der Waals surface area contributed by atoms with Gasteiger partial charge in [-0.15, -0.1) is 0 Å². The lowest BCUT2D eigenvalue weighted by molar-refractivity contribution is 0.0936. The molecule has 0 saturated carbocycles. The van der Waals surface area contributed by atoms with Gasteiger partial charge in [0, 0.05) is 6.04 Å². The van der Waals surface area contributed by atoms with Crippen molar-refractivity contribution < 1.29 is 9.90 Å². The van der Waals surface area contributed by atoms with E-state index in [1.165, 1.54) is 0 Å². The van der Waals surface area contributed by atoms with Gasteiger partial charge in [-0.3, -0.25) is 4.79 Å². The van der Waals surface area contributed by atoms with Crippen LogP contribution in [0.2, 0.25) is 0 Å². The van der Waals surface area contributed by atoms with E-state index in [0.29, 0.717) is 5.56 Å². The largest absolute Gasteiger partial charge is 0.507 e. The summed E-state index contributed by atoms with van der Waals surface area (Å²) in [7, 11) is 0. The molecule has 3 heteroatoms. The summed E-state index contributed by atoms with van der Waals surface area (Å²) in [6, 6.07) is 5.13. The highest BCUT2D eigenvalue weighted by molar-refractivity contribution is 5.97. The SMILES string of the molecule is CCC(C)NC(=O)c1cc(C)ccc1O. The zero-order valence-electron chi connectivity index (χ0n) is 9.37. The normalized spacial score (nSPS) is 12.2. The number of hydrogen-bond donors (Lipinski definition) is 2. The Labute approximate surface area is 90.1 Å². The highest BCUT2D eigenvalue weighted by Crippen LogP contribution is 2.18. The fraction of sp³-hybridized carbons (Fsp3) is 0.417. The lowest BCUT2D eigenvalue weighted by Gasteiger charge is -2.12. The molecule has 0 fully saturated rings. The summed E-state index contributed by atoms with van der Waals surface area (Å²) in [5.41, 5.74) is 1.30. The minimum Gasteiger partial charge on any atom is -0.507 e. The highest BCUT2D eigenvalue weighted by Gasteiger charge is 2.12. The number of aryl methyl sites for hydroxylation is 1. The molecule has 1 unspecified atom stereocenters. The molecule has 0 bridgehead atoms. The monoisotopic (exact) mass is 207 g/mol. The van der Waals surface area contributed by atoms with Crippen LogP contribution < -0.4 is 5.32 Å². The first-order valence-electron chi connectivity index (χ1n) is 5.15. The molecule has 0 aliphatic heterocycles. The van der Waals surface area contributed by atoms with Crippen molar-refractivity contribution in [2.24, 2.45) is 0 Å². The zero-order valence-corrected chi connectivity index (χ0v) is 9.37. The van der Waals surface area contributed by atoms with Gasteiger partial charge >= 0.3 is 0 Å². The maximum absolute atomic E-state index is 11.7. The zero-order chi connectivity index (χ0) is 11.4. The van der Waals surface area contributed by atoms with Crippen LogP contribution in [0.5, 0.6) is 5.75 Å². The first-order chi connectivity index (χ1) is 7.04. The molecule has 2 N–H and O–H groups in total. The minimum absolute atomic E-state index is 0.0291. The Morgan fingerprint density at radius 2 is 2.20 bits per heavy atom. The van der Waals surface area contributed by atoms with Crippen LogP contribution in [0.15, 0.2) is 18.2 Å². The maximum Gasteiger partial charge on any atom is 0.255 e. The summed E-state index contributed by atoms with van der Waals surface area (Å²) in [6.45, 7) is 5.82. The van der Waals surface area contributed by atoms with Gasteiger partial charge in [-0.1, -0.05) is 18.6 Å². The average Bonchev–Trinajstić information content (AvgIpc) is 2.21. The number of rotatable bonds is 3. The van der Waals surface area contributed by atoms with Crippen LogP contribution in [0, 0.1) is 6.92 Å². The van der Waals surface area contributed by atoms with Gasteiger partial charge in [0.15, 0.2) is 0 Å². The Morgan fingerprint density at radius 1 is 1.53 bits per heavy atom.